The molecular weight excluding hydrogens is 222 g/mol. The van der Waals surface area contributed by atoms with Crippen molar-refractivity contribution < 1.29 is 4.74 Å². The third-order valence-electron chi connectivity index (χ3n) is 4.45. The molecule has 3 rings (SSSR count). The summed E-state index contributed by atoms with van der Waals surface area (Å²) in [4.78, 5) is 0. The summed E-state index contributed by atoms with van der Waals surface area (Å²) in [6.07, 6.45) is 6.78. The van der Waals surface area contributed by atoms with Crippen LogP contribution >= 0.6 is 0 Å². The van der Waals surface area contributed by atoms with Crippen LogP contribution in [-0.2, 0) is 0 Å². The molecule has 2 aliphatic rings. The number of ether oxygens (including phenoxy) is 1. The maximum absolute atomic E-state index is 6.19. The number of hydrogen-bond donors (Lipinski definition) is 1. The van der Waals surface area contributed by atoms with Gasteiger partial charge in [-0.05, 0) is 62.8 Å². The second-order valence-corrected chi connectivity index (χ2v) is 5.95. The molecule has 2 saturated heterocycles. The molecule has 1 aromatic rings. The summed E-state index contributed by atoms with van der Waals surface area (Å²) in [7, 11) is 0. The SMILES string of the molecule is Cc1ccc(OC2CC3CCCC(C2)N3)cc1C. The number of rotatable bonds is 2. The number of aryl methyl sites for hydroxylation is 2. The van der Waals surface area contributed by atoms with Gasteiger partial charge in [-0.1, -0.05) is 12.5 Å². The van der Waals surface area contributed by atoms with Gasteiger partial charge in [0.25, 0.3) is 0 Å². The Kier molecular flexibility index (Phi) is 3.29. The van der Waals surface area contributed by atoms with Crippen LogP contribution in [0, 0.1) is 13.8 Å². The van der Waals surface area contributed by atoms with Gasteiger partial charge in [-0.25, -0.2) is 0 Å². The van der Waals surface area contributed by atoms with Crippen LogP contribution in [0.25, 0.3) is 0 Å². The third kappa shape index (κ3) is 2.54. The highest BCUT2D eigenvalue weighted by Crippen LogP contribution is 2.29. The van der Waals surface area contributed by atoms with Crippen LogP contribution in [-0.4, -0.2) is 18.2 Å². The Bertz CT molecular complexity index is 417. The highest BCUT2D eigenvalue weighted by molar-refractivity contribution is 5.34. The molecule has 1 N–H and O–H groups in total. The Labute approximate surface area is 110 Å². The Morgan fingerprint density at radius 2 is 1.78 bits per heavy atom. The van der Waals surface area contributed by atoms with E-state index in [2.05, 4.69) is 37.4 Å². The molecule has 2 unspecified atom stereocenters. The van der Waals surface area contributed by atoms with Gasteiger partial charge in [-0.2, -0.15) is 0 Å². The number of piperidine rings is 2. The van der Waals surface area contributed by atoms with E-state index in [0.29, 0.717) is 18.2 Å². The second kappa shape index (κ2) is 4.93. The average Bonchev–Trinajstić information content (AvgIpc) is 2.33. The molecule has 0 amide bonds. The van der Waals surface area contributed by atoms with Crippen molar-refractivity contribution in [3.8, 4) is 5.75 Å². The monoisotopic (exact) mass is 245 g/mol. The van der Waals surface area contributed by atoms with E-state index < -0.39 is 0 Å². The van der Waals surface area contributed by atoms with Gasteiger partial charge in [0.1, 0.15) is 11.9 Å². The molecule has 1 aromatic carbocycles. The van der Waals surface area contributed by atoms with Gasteiger partial charge in [-0.15, -0.1) is 0 Å². The van der Waals surface area contributed by atoms with Crippen LogP contribution < -0.4 is 10.1 Å². The standard InChI is InChI=1S/C16H23NO/c1-11-6-7-15(8-12(11)2)18-16-9-13-4-3-5-14(10-16)17-13/h6-8,13-14,16-17H,3-5,9-10H2,1-2H3. The molecule has 2 atom stereocenters. The van der Waals surface area contributed by atoms with Crippen LogP contribution in [0.3, 0.4) is 0 Å². The highest BCUT2D eigenvalue weighted by atomic mass is 16.5. The van der Waals surface area contributed by atoms with E-state index in [4.69, 9.17) is 4.74 Å². The second-order valence-electron chi connectivity index (χ2n) is 5.95. The zero-order valence-electron chi connectivity index (χ0n) is 11.4. The molecule has 0 aliphatic carbocycles. The first-order valence-corrected chi connectivity index (χ1v) is 7.20. The van der Waals surface area contributed by atoms with E-state index in [1.807, 2.05) is 0 Å². The van der Waals surface area contributed by atoms with Crippen molar-refractivity contribution in [3.05, 3.63) is 29.3 Å². The van der Waals surface area contributed by atoms with Gasteiger partial charge < -0.3 is 10.1 Å². The molecule has 0 radical (unpaired) electrons. The molecule has 2 fully saturated rings. The van der Waals surface area contributed by atoms with Gasteiger partial charge >= 0.3 is 0 Å². The normalized spacial score (nSPS) is 31.1. The summed E-state index contributed by atoms with van der Waals surface area (Å²) >= 11 is 0. The predicted molar refractivity (Wildman–Crippen MR) is 74.1 cm³/mol. The van der Waals surface area contributed by atoms with Crippen LogP contribution in [0.5, 0.6) is 5.75 Å². The summed E-state index contributed by atoms with van der Waals surface area (Å²) < 4.78 is 6.19. The number of nitrogens with one attached hydrogen (secondary N) is 1. The van der Waals surface area contributed by atoms with Crippen molar-refractivity contribution in [1.82, 2.24) is 5.32 Å². The Morgan fingerprint density at radius 1 is 1.06 bits per heavy atom. The van der Waals surface area contributed by atoms with Gasteiger partial charge in [0.2, 0.25) is 0 Å². The largest absolute Gasteiger partial charge is 0.490 e. The molecule has 0 spiro atoms. The summed E-state index contributed by atoms with van der Waals surface area (Å²) in [6.45, 7) is 4.30. The minimum absolute atomic E-state index is 0.406. The molecule has 2 heteroatoms. The first-order valence-electron chi connectivity index (χ1n) is 7.20. The first kappa shape index (κ1) is 12.0. The van der Waals surface area contributed by atoms with E-state index in [9.17, 15) is 0 Å². The molecule has 2 aliphatic heterocycles. The van der Waals surface area contributed by atoms with Crippen LogP contribution in [0.15, 0.2) is 18.2 Å². The molecule has 0 aromatic heterocycles. The van der Waals surface area contributed by atoms with Gasteiger partial charge in [0, 0.05) is 12.1 Å². The topological polar surface area (TPSA) is 21.3 Å². The van der Waals surface area contributed by atoms with Gasteiger partial charge in [-0.3, -0.25) is 0 Å². The summed E-state index contributed by atoms with van der Waals surface area (Å²) in [6, 6.07) is 7.82. The van der Waals surface area contributed by atoms with Crippen LogP contribution in [0.1, 0.15) is 43.2 Å². The van der Waals surface area contributed by atoms with Crippen molar-refractivity contribution >= 4 is 0 Å². The average molecular weight is 245 g/mol. The fourth-order valence-corrected chi connectivity index (χ4v) is 3.29. The maximum Gasteiger partial charge on any atom is 0.120 e. The van der Waals surface area contributed by atoms with Crippen molar-refractivity contribution in [2.45, 2.75) is 64.1 Å². The van der Waals surface area contributed by atoms with E-state index in [1.54, 1.807) is 0 Å². The van der Waals surface area contributed by atoms with E-state index in [-0.39, 0.29) is 0 Å². The van der Waals surface area contributed by atoms with Crippen molar-refractivity contribution in [2.75, 3.05) is 0 Å². The summed E-state index contributed by atoms with van der Waals surface area (Å²) in [5, 5.41) is 3.71. The maximum atomic E-state index is 6.19. The quantitative estimate of drug-likeness (QED) is 0.862. The molecule has 2 heterocycles. The lowest BCUT2D eigenvalue weighted by atomic mass is 9.85. The molecule has 98 valence electrons. The Balaban J connectivity index is 1.67. The number of hydrogen-bond acceptors (Lipinski definition) is 2. The van der Waals surface area contributed by atoms with Crippen molar-refractivity contribution in [1.29, 1.82) is 0 Å². The van der Waals surface area contributed by atoms with E-state index in [1.165, 1.54) is 43.2 Å². The Hall–Kier alpha value is -1.02. The first-order chi connectivity index (χ1) is 8.70. The van der Waals surface area contributed by atoms with E-state index >= 15 is 0 Å². The minimum Gasteiger partial charge on any atom is -0.490 e. The molecular formula is C16H23NO. The summed E-state index contributed by atoms with van der Waals surface area (Å²) in [5.74, 6) is 1.04. The zero-order valence-corrected chi connectivity index (χ0v) is 11.4. The van der Waals surface area contributed by atoms with E-state index in [0.717, 1.165) is 5.75 Å². The highest BCUT2D eigenvalue weighted by Gasteiger charge is 2.32. The third-order valence-corrected chi connectivity index (χ3v) is 4.45. The Morgan fingerprint density at radius 3 is 2.44 bits per heavy atom. The minimum atomic E-state index is 0.406. The van der Waals surface area contributed by atoms with Crippen LogP contribution in [0.4, 0.5) is 0 Å². The number of benzene rings is 1. The van der Waals surface area contributed by atoms with Crippen LogP contribution in [0.2, 0.25) is 0 Å². The van der Waals surface area contributed by atoms with Crippen molar-refractivity contribution in [2.24, 2.45) is 0 Å². The molecule has 0 saturated carbocycles. The zero-order chi connectivity index (χ0) is 12.5. The fraction of sp³-hybridized carbons (Fsp3) is 0.625. The lowest BCUT2D eigenvalue weighted by molar-refractivity contribution is 0.0927. The summed E-state index contributed by atoms with van der Waals surface area (Å²) in [5.41, 5.74) is 2.66. The number of fused-ring (bicyclic) bond motifs is 2. The molecule has 2 bridgehead atoms. The fourth-order valence-electron chi connectivity index (χ4n) is 3.29. The lowest BCUT2D eigenvalue weighted by Crippen LogP contribution is -2.51. The predicted octanol–water partition coefficient (Wildman–Crippen LogP) is 3.36. The van der Waals surface area contributed by atoms with Crippen molar-refractivity contribution in [3.63, 3.8) is 0 Å². The molecule has 2 nitrogen and oxygen atoms in total. The van der Waals surface area contributed by atoms with Gasteiger partial charge in [0.05, 0.1) is 0 Å². The van der Waals surface area contributed by atoms with Gasteiger partial charge in [0.15, 0.2) is 0 Å². The lowest BCUT2D eigenvalue weighted by Gasteiger charge is -2.40. The molecule has 18 heavy (non-hydrogen) atoms. The smallest absolute Gasteiger partial charge is 0.120 e.